The van der Waals surface area contributed by atoms with Gasteiger partial charge in [0.2, 0.25) is 5.91 Å². The summed E-state index contributed by atoms with van der Waals surface area (Å²) in [6, 6.07) is 1.99. The molecule has 1 aliphatic carbocycles. The Morgan fingerprint density at radius 1 is 1.08 bits per heavy atom. The van der Waals surface area contributed by atoms with Gasteiger partial charge >= 0.3 is 0 Å². The average molecular weight is 340 g/mol. The second-order valence-corrected chi connectivity index (χ2v) is 6.90. The number of anilines is 1. The maximum atomic E-state index is 12.6. The lowest BCUT2D eigenvalue weighted by molar-refractivity contribution is -0.135. The summed E-state index contributed by atoms with van der Waals surface area (Å²) in [5.41, 5.74) is 0. The van der Waals surface area contributed by atoms with Crippen LogP contribution in [-0.2, 0) is 4.79 Å². The first-order chi connectivity index (χ1) is 12.2. The van der Waals surface area contributed by atoms with E-state index in [0.29, 0.717) is 5.91 Å². The highest BCUT2D eigenvalue weighted by Gasteiger charge is 2.29. The topological polar surface area (TPSA) is 67.2 Å². The molecule has 1 saturated heterocycles. The molecule has 2 fully saturated rings. The van der Waals surface area contributed by atoms with Crippen molar-refractivity contribution in [3.8, 4) is 5.82 Å². The number of imidazole rings is 1. The van der Waals surface area contributed by atoms with E-state index in [2.05, 4.69) is 19.9 Å². The van der Waals surface area contributed by atoms with Crippen LogP contribution in [0.5, 0.6) is 0 Å². The smallest absolute Gasteiger partial charge is 0.225 e. The van der Waals surface area contributed by atoms with Crippen LogP contribution >= 0.6 is 0 Å². The second kappa shape index (κ2) is 6.82. The Kier molecular flexibility index (Phi) is 4.38. The van der Waals surface area contributed by atoms with Crippen LogP contribution in [0.1, 0.15) is 31.5 Å². The van der Waals surface area contributed by atoms with Gasteiger partial charge in [-0.3, -0.25) is 9.36 Å². The van der Waals surface area contributed by atoms with Crippen LogP contribution in [0.25, 0.3) is 5.82 Å². The number of carbonyl (C=O) groups excluding carboxylic acids is 1. The van der Waals surface area contributed by atoms with E-state index in [1.165, 1.54) is 12.8 Å². The third kappa shape index (κ3) is 3.36. The minimum atomic E-state index is 0.265. The third-order valence-electron chi connectivity index (χ3n) is 5.20. The van der Waals surface area contributed by atoms with E-state index in [9.17, 15) is 4.79 Å². The highest BCUT2D eigenvalue weighted by atomic mass is 16.2. The summed E-state index contributed by atoms with van der Waals surface area (Å²) in [7, 11) is 0. The minimum absolute atomic E-state index is 0.265. The number of hydrogen-bond acceptors (Lipinski definition) is 5. The van der Waals surface area contributed by atoms with Crippen molar-refractivity contribution in [3.05, 3.63) is 30.6 Å². The molecule has 132 valence electrons. The molecule has 0 bridgehead atoms. The van der Waals surface area contributed by atoms with E-state index < -0.39 is 0 Å². The summed E-state index contributed by atoms with van der Waals surface area (Å²) in [4.78, 5) is 30.0. The summed E-state index contributed by atoms with van der Waals surface area (Å²) < 4.78 is 1.89. The number of carbonyl (C=O) groups is 1. The molecule has 1 aliphatic heterocycles. The van der Waals surface area contributed by atoms with Gasteiger partial charge in [-0.15, -0.1) is 0 Å². The van der Waals surface area contributed by atoms with Crippen LogP contribution in [-0.4, -0.2) is 56.5 Å². The molecule has 7 nitrogen and oxygen atoms in total. The molecule has 4 rings (SSSR count). The Hall–Kier alpha value is -2.44. The van der Waals surface area contributed by atoms with Crippen molar-refractivity contribution in [1.82, 2.24) is 24.4 Å². The van der Waals surface area contributed by atoms with Gasteiger partial charge in [0.25, 0.3) is 0 Å². The molecule has 0 atom stereocenters. The largest absolute Gasteiger partial charge is 0.353 e. The lowest BCUT2D eigenvalue weighted by Gasteiger charge is -2.36. The number of nitrogens with zero attached hydrogens (tertiary/aromatic N) is 6. The molecule has 3 heterocycles. The van der Waals surface area contributed by atoms with Gasteiger partial charge in [-0.1, -0.05) is 12.8 Å². The lowest BCUT2D eigenvalue weighted by atomic mass is 10.1. The van der Waals surface area contributed by atoms with Crippen LogP contribution in [0.3, 0.4) is 0 Å². The van der Waals surface area contributed by atoms with E-state index in [0.717, 1.165) is 56.5 Å². The number of aromatic nitrogens is 4. The van der Waals surface area contributed by atoms with Gasteiger partial charge in [-0.25, -0.2) is 15.0 Å². The Balaban J connectivity index is 1.45. The molecule has 2 aromatic rings. The molecule has 1 amide bonds. The summed E-state index contributed by atoms with van der Waals surface area (Å²) in [6.45, 7) is 5.10. The van der Waals surface area contributed by atoms with Gasteiger partial charge in [-0.05, 0) is 19.8 Å². The van der Waals surface area contributed by atoms with Gasteiger partial charge in [0.05, 0.1) is 0 Å². The van der Waals surface area contributed by atoms with Crippen molar-refractivity contribution in [2.75, 3.05) is 31.1 Å². The lowest BCUT2D eigenvalue weighted by Crippen LogP contribution is -2.50. The molecule has 7 heteroatoms. The highest BCUT2D eigenvalue weighted by molar-refractivity contribution is 5.79. The third-order valence-corrected chi connectivity index (χ3v) is 5.20. The van der Waals surface area contributed by atoms with Gasteiger partial charge in [0.15, 0.2) is 0 Å². The van der Waals surface area contributed by atoms with Crippen LogP contribution in [0.4, 0.5) is 5.82 Å². The summed E-state index contributed by atoms with van der Waals surface area (Å²) >= 11 is 0. The molecule has 0 radical (unpaired) electrons. The van der Waals surface area contributed by atoms with E-state index >= 15 is 0 Å². The molecular formula is C18H24N6O. The van der Waals surface area contributed by atoms with Crippen molar-refractivity contribution in [2.45, 2.75) is 32.6 Å². The van der Waals surface area contributed by atoms with E-state index in [4.69, 9.17) is 0 Å². The fourth-order valence-corrected chi connectivity index (χ4v) is 3.81. The van der Waals surface area contributed by atoms with Crippen molar-refractivity contribution in [1.29, 1.82) is 0 Å². The molecular weight excluding hydrogens is 316 g/mol. The highest BCUT2D eigenvalue weighted by Crippen LogP contribution is 2.27. The predicted octanol–water partition coefficient (Wildman–Crippen LogP) is 1.81. The molecule has 0 aromatic carbocycles. The van der Waals surface area contributed by atoms with Crippen molar-refractivity contribution in [3.63, 3.8) is 0 Å². The molecule has 0 N–H and O–H groups in total. The van der Waals surface area contributed by atoms with E-state index in [1.807, 2.05) is 28.7 Å². The van der Waals surface area contributed by atoms with Crippen LogP contribution in [0, 0.1) is 12.8 Å². The fraction of sp³-hybridized carbons (Fsp3) is 0.556. The van der Waals surface area contributed by atoms with Crippen LogP contribution in [0.15, 0.2) is 24.8 Å². The number of rotatable bonds is 3. The summed E-state index contributed by atoms with van der Waals surface area (Å²) in [5.74, 6) is 3.11. The van der Waals surface area contributed by atoms with Crippen LogP contribution < -0.4 is 4.90 Å². The SMILES string of the molecule is Cc1nc(N2CCN(C(=O)C3CCCC3)CC2)cc(-n2ccnc2)n1. The zero-order chi connectivity index (χ0) is 17.2. The standard InChI is InChI=1S/C18H24N6O/c1-14-20-16(12-17(21-14)24-7-6-19-13-24)22-8-10-23(11-9-22)18(25)15-4-2-3-5-15/h6-7,12-13,15H,2-5,8-11H2,1H3. The number of amides is 1. The number of aryl methyl sites for hydroxylation is 1. The zero-order valence-electron chi connectivity index (χ0n) is 14.6. The van der Waals surface area contributed by atoms with Crippen molar-refractivity contribution < 1.29 is 4.79 Å². The van der Waals surface area contributed by atoms with E-state index in [1.54, 1.807) is 12.5 Å². The molecule has 2 aliphatic rings. The van der Waals surface area contributed by atoms with Gasteiger partial charge in [-0.2, -0.15) is 0 Å². The molecule has 2 aromatic heterocycles. The zero-order valence-corrected chi connectivity index (χ0v) is 14.6. The summed E-state index contributed by atoms with van der Waals surface area (Å²) in [5, 5.41) is 0. The van der Waals surface area contributed by atoms with Crippen LogP contribution in [0.2, 0.25) is 0 Å². The minimum Gasteiger partial charge on any atom is -0.353 e. The molecule has 25 heavy (non-hydrogen) atoms. The van der Waals surface area contributed by atoms with Crippen molar-refractivity contribution >= 4 is 11.7 Å². The maximum absolute atomic E-state index is 12.6. The van der Waals surface area contributed by atoms with Gasteiger partial charge < -0.3 is 9.80 Å². The van der Waals surface area contributed by atoms with E-state index in [-0.39, 0.29) is 5.92 Å². The predicted molar refractivity (Wildman–Crippen MR) is 94.6 cm³/mol. The van der Waals surface area contributed by atoms with Gasteiger partial charge in [0, 0.05) is 50.6 Å². The molecule has 0 unspecified atom stereocenters. The van der Waals surface area contributed by atoms with Gasteiger partial charge in [0.1, 0.15) is 23.8 Å². The summed E-state index contributed by atoms with van der Waals surface area (Å²) in [6.07, 6.45) is 9.90. The quantitative estimate of drug-likeness (QED) is 0.852. The molecule has 1 saturated carbocycles. The average Bonchev–Trinajstić information content (AvgIpc) is 3.34. The first-order valence-electron chi connectivity index (χ1n) is 9.08. The second-order valence-electron chi connectivity index (χ2n) is 6.90. The molecule has 0 spiro atoms. The fourth-order valence-electron chi connectivity index (χ4n) is 3.81. The number of piperazine rings is 1. The monoisotopic (exact) mass is 340 g/mol. The first kappa shape index (κ1) is 16.1. The first-order valence-corrected chi connectivity index (χ1v) is 9.08. The number of hydrogen-bond donors (Lipinski definition) is 0. The Bertz CT molecular complexity index is 730. The normalized spacial score (nSPS) is 18.8. The Morgan fingerprint density at radius 2 is 1.80 bits per heavy atom. The Morgan fingerprint density at radius 3 is 2.48 bits per heavy atom. The maximum Gasteiger partial charge on any atom is 0.225 e. The van der Waals surface area contributed by atoms with Crippen molar-refractivity contribution in [2.24, 2.45) is 5.92 Å². The Labute approximate surface area is 147 Å².